The van der Waals surface area contributed by atoms with Gasteiger partial charge in [0.2, 0.25) is 5.96 Å². The van der Waals surface area contributed by atoms with Gasteiger partial charge in [-0.3, -0.25) is 10.4 Å². The van der Waals surface area contributed by atoms with E-state index in [1.807, 2.05) is 0 Å². The Morgan fingerprint density at radius 2 is 1.83 bits per heavy atom. The number of nitrogens with two attached hydrogens (primary N) is 1. The van der Waals surface area contributed by atoms with Gasteiger partial charge in [0, 0.05) is 13.1 Å². The molecular formula is C14H32N4. The van der Waals surface area contributed by atoms with Crippen LogP contribution in [0.5, 0.6) is 0 Å². The van der Waals surface area contributed by atoms with Gasteiger partial charge in [-0.15, -0.1) is 0 Å². The number of nitrogens with zero attached hydrogens (tertiary/aromatic N) is 1. The predicted octanol–water partition coefficient (Wildman–Crippen LogP) is 2.80. The first-order valence-corrected chi connectivity index (χ1v) is 7.45. The Bertz CT molecular complexity index is 202. The summed E-state index contributed by atoms with van der Waals surface area (Å²) in [6.07, 6.45) is 8.76. The normalized spacial score (nSPS) is 11.9. The zero-order chi connectivity index (χ0) is 13.6. The molecule has 0 aliphatic carbocycles. The van der Waals surface area contributed by atoms with Crippen molar-refractivity contribution in [1.82, 2.24) is 10.7 Å². The smallest absolute Gasteiger partial charge is 0.205 e. The first-order chi connectivity index (χ1) is 8.70. The minimum Gasteiger partial charge on any atom is -0.355 e. The average Bonchev–Trinajstić information content (AvgIpc) is 2.35. The predicted molar refractivity (Wildman–Crippen MR) is 80.5 cm³/mol. The van der Waals surface area contributed by atoms with Crippen LogP contribution in [0.4, 0.5) is 0 Å². The number of nitrogens with one attached hydrogen (secondary N) is 2. The van der Waals surface area contributed by atoms with Crippen molar-refractivity contribution < 1.29 is 0 Å². The van der Waals surface area contributed by atoms with Crippen molar-refractivity contribution in [3.8, 4) is 0 Å². The van der Waals surface area contributed by atoms with E-state index in [0.717, 1.165) is 37.8 Å². The van der Waals surface area contributed by atoms with Gasteiger partial charge in [-0.2, -0.15) is 0 Å². The third kappa shape index (κ3) is 11.7. The van der Waals surface area contributed by atoms with Gasteiger partial charge in [-0.25, -0.2) is 5.84 Å². The van der Waals surface area contributed by atoms with Crippen LogP contribution in [-0.2, 0) is 0 Å². The Morgan fingerprint density at radius 3 is 2.44 bits per heavy atom. The van der Waals surface area contributed by atoms with E-state index >= 15 is 0 Å². The third-order valence-corrected chi connectivity index (χ3v) is 2.92. The average molecular weight is 256 g/mol. The van der Waals surface area contributed by atoms with Gasteiger partial charge < -0.3 is 5.32 Å². The van der Waals surface area contributed by atoms with E-state index in [1.54, 1.807) is 0 Å². The number of hydrogen-bond acceptors (Lipinski definition) is 2. The lowest BCUT2D eigenvalue weighted by atomic mass is 10.0. The molecule has 0 aromatic heterocycles. The molecule has 4 nitrogen and oxygen atoms in total. The van der Waals surface area contributed by atoms with Crippen molar-refractivity contribution in [3.05, 3.63) is 0 Å². The topological polar surface area (TPSA) is 62.4 Å². The Morgan fingerprint density at radius 1 is 1.11 bits per heavy atom. The van der Waals surface area contributed by atoms with Crippen LogP contribution in [-0.4, -0.2) is 19.0 Å². The number of aliphatic imine (C=N–C) groups is 1. The summed E-state index contributed by atoms with van der Waals surface area (Å²) >= 11 is 0. The second kappa shape index (κ2) is 12.7. The maximum Gasteiger partial charge on any atom is 0.205 e. The second-order valence-corrected chi connectivity index (χ2v) is 5.25. The summed E-state index contributed by atoms with van der Waals surface area (Å²) in [5, 5.41) is 3.20. The van der Waals surface area contributed by atoms with Gasteiger partial charge >= 0.3 is 0 Å². The Hall–Kier alpha value is -0.770. The van der Waals surface area contributed by atoms with Gasteiger partial charge in [0.1, 0.15) is 0 Å². The van der Waals surface area contributed by atoms with Crippen molar-refractivity contribution >= 4 is 5.96 Å². The van der Waals surface area contributed by atoms with Crippen LogP contribution < -0.4 is 16.6 Å². The molecule has 0 heterocycles. The van der Waals surface area contributed by atoms with Crippen molar-refractivity contribution in [2.75, 3.05) is 13.1 Å². The lowest BCUT2D eigenvalue weighted by Crippen LogP contribution is -2.42. The fraction of sp³-hybridized carbons (Fsp3) is 0.929. The number of hydrazine groups is 1. The van der Waals surface area contributed by atoms with Crippen LogP contribution in [0, 0.1) is 5.92 Å². The molecule has 18 heavy (non-hydrogen) atoms. The van der Waals surface area contributed by atoms with Crippen LogP contribution >= 0.6 is 0 Å². The lowest BCUT2D eigenvalue weighted by Gasteiger charge is -2.08. The first-order valence-electron chi connectivity index (χ1n) is 7.45. The maximum absolute atomic E-state index is 5.41. The molecule has 0 bridgehead atoms. The van der Waals surface area contributed by atoms with Crippen LogP contribution in [0.25, 0.3) is 0 Å². The molecule has 0 rings (SSSR count). The summed E-state index contributed by atoms with van der Waals surface area (Å²) in [5.41, 5.74) is 2.62. The highest BCUT2D eigenvalue weighted by atomic mass is 15.3. The molecule has 0 spiro atoms. The van der Waals surface area contributed by atoms with E-state index < -0.39 is 0 Å². The van der Waals surface area contributed by atoms with E-state index in [9.17, 15) is 0 Å². The van der Waals surface area contributed by atoms with Crippen LogP contribution in [0.1, 0.15) is 65.7 Å². The van der Waals surface area contributed by atoms with Crippen LogP contribution in [0.3, 0.4) is 0 Å². The minimum atomic E-state index is 0.727. The number of rotatable bonds is 10. The van der Waals surface area contributed by atoms with E-state index in [4.69, 9.17) is 5.84 Å². The van der Waals surface area contributed by atoms with Gasteiger partial charge in [0.05, 0.1) is 0 Å². The lowest BCUT2D eigenvalue weighted by molar-refractivity contribution is 0.521. The first kappa shape index (κ1) is 17.2. The molecule has 0 amide bonds. The molecular weight excluding hydrogens is 224 g/mol. The van der Waals surface area contributed by atoms with Crippen LogP contribution in [0.15, 0.2) is 4.99 Å². The Kier molecular flexibility index (Phi) is 12.1. The van der Waals surface area contributed by atoms with Crippen molar-refractivity contribution in [2.45, 2.75) is 65.7 Å². The molecule has 4 N–H and O–H groups in total. The summed E-state index contributed by atoms with van der Waals surface area (Å²) in [5.74, 6) is 6.97. The summed E-state index contributed by atoms with van der Waals surface area (Å²) in [7, 11) is 0. The molecule has 0 saturated heterocycles. The van der Waals surface area contributed by atoms with E-state index in [1.165, 1.54) is 32.1 Å². The molecule has 0 saturated carbocycles. The molecule has 0 aliphatic heterocycles. The Balaban J connectivity index is 3.46. The summed E-state index contributed by atoms with van der Waals surface area (Å²) in [6.45, 7) is 8.54. The molecule has 4 heteroatoms. The SMILES string of the molecule is CCCCNC(=NCCCCCCC(C)C)NN. The number of guanidine groups is 1. The zero-order valence-corrected chi connectivity index (χ0v) is 12.5. The van der Waals surface area contributed by atoms with Gasteiger partial charge in [-0.05, 0) is 18.8 Å². The molecule has 0 aromatic carbocycles. The van der Waals surface area contributed by atoms with Gasteiger partial charge in [0.15, 0.2) is 0 Å². The Labute approximate surface area is 113 Å². The fourth-order valence-electron chi connectivity index (χ4n) is 1.74. The second-order valence-electron chi connectivity index (χ2n) is 5.25. The molecule has 0 aromatic rings. The fourth-order valence-corrected chi connectivity index (χ4v) is 1.74. The van der Waals surface area contributed by atoms with Crippen LogP contribution in [0.2, 0.25) is 0 Å². The van der Waals surface area contributed by atoms with E-state index in [0.29, 0.717) is 0 Å². The molecule has 0 atom stereocenters. The monoisotopic (exact) mass is 256 g/mol. The highest BCUT2D eigenvalue weighted by Gasteiger charge is 1.96. The summed E-state index contributed by atoms with van der Waals surface area (Å²) in [6, 6.07) is 0. The van der Waals surface area contributed by atoms with E-state index in [2.05, 4.69) is 36.5 Å². The van der Waals surface area contributed by atoms with Crippen molar-refractivity contribution in [2.24, 2.45) is 16.8 Å². The summed E-state index contributed by atoms with van der Waals surface area (Å²) in [4.78, 5) is 4.42. The number of unbranched alkanes of at least 4 members (excludes halogenated alkanes) is 4. The highest BCUT2D eigenvalue weighted by Crippen LogP contribution is 2.09. The largest absolute Gasteiger partial charge is 0.355 e. The quantitative estimate of drug-likeness (QED) is 0.185. The molecule has 0 radical (unpaired) electrons. The summed E-state index contributed by atoms with van der Waals surface area (Å²) < 4.78 is 0. The molecule has 0 fully saturated rings. The standard InChI is InChI=1S/C14H32N4/c1-4-5-11-16-14(18-15)17-12-9-7-6-8-10-13(2)3/h13H,4-12,15H2,1-3H3,(H2,16,17,18). The molecule has 0 unspecified atom stereocenters. The zero-order valence-electron chi connectivity index (χ0n) is 12.5. The van der Waals surface area contributed by atoms with Gasteiger partial charge in [0.25, 0.3) is 0 Å². The highest BCUT2D eigenvalue weighted by molar-refractivity contribution is 5.79. The maximum atomic E-state index is 5.41. The van der Waals surface area contributed by atoms with Crippen molar-refractivity contribution in [1.29, 1.82) is 0 Å². The minimum absolute atomic E-state index is 0.727. The third-order valence-electron chi connectivity index (χ3n) is 2.92. The van der Waals surface area contributed by atoms with E-state index in [-0.39, 0.29) is 0 Å². The molecule has 0 aliphatic rings. The molecule has 108 valence electrons. The van der Waals surface area contributed by atoms with Crippen molar-refractivity contribution in [3.63, 3.8) is 0 Å². The number of hydrogen-bond donors (Lipinski definition) is 3. The van der Waals surface area contributed by atoms with Gasteiger partial charge in [-0.1, -0.05) is 52.9 Å².